The molecule has 2 fully saturated rings. The number of fused-ring (bicyclic) bond motifs is 1. The van der Waals surface area contributed by atoms with Gasteiger partial charge in [0.25, 0.3) is 5.91 Å². The van der Waals surface area contributed by atoms with Gasteiger partial charge >= 0.3 is 6.09 Å². The van der Waals surface area contributed by atoms with Crippen molar-refractivity contribution in [1.82, 2.24) is 9.80 Å². The summed E-state index contributed by atoms with van der Waals surface area (Å²) in [5.41, 5.74) is 0.608. The largest absolute Gasteiger partial charge is 0.444 e. The van der Waals surface area contributed by atoms with Gasteiger partial charge in [-0.3, -0.25) is 9.59 Å². The second-order valence-electron chi connectivity index (χ2n) is 10.8. The Morgan fingerprint density at radius 3 is 2.48 bits per heavy atom. The minimum absolute atomic E-state index is 0.0894. The quantitative estimate of drug-likeness (QED) is 0.502. The number of benzene rings is 2. The van der Waals surface area contributed by atoms with Crippen LogP contribution in [0.25, 0.3) is 0 Å². The number of nitrogens with one attached hydrogen (secondary N) is 1. The van der Waals surface area contributed by atoms with E-state index in [0.717, 1.165) is 5.56 Å². The molecule has 0 spiro atoms. The summed E-state index contributed by atoms with van der Waals surface area (Å²) in [7, 11) is -3.87. The van der Waals surface area contributed by atoms with E-state index in [-0.39, 0.29) is 30.3 Å². The first kappa shape index (κ1) is 29.8. The van der Waals surface area contributed by atoms with Crippen molar-refractivity contribution in [3.05, 3.63) is 59.1 Å². The van der Waals surface area contributed by atoms with Crippen LogP contribution in [0.1, 0.15) is 32.8 Å². The van der Waals surface area contributed by atoms with Gasteiger partial charge in [-0.05, 0) is 69.2 Å². The second-order valence-corrected chi connectivity index (χ2v) is 12.8. The van der Waals surface area contributed by atoms with Crippen molar-refractivity contribution >= 4 is 45.2 Å². The molecule has 0 aliphatic carbocycles. The summed E-state index contributed by atoms with van der Waals surface area (Å²) in [5.74, 6) is -0.842. The van der Waals surface area contributed by atoms with Gasteiger partial charge in [0.2, 0.25) is 15.9 Å². The first-order chi connectivity index (χ1) is 18.7. The molecule has 3 unspecified atom stereocenters. The summed E-state index contributed by atoms with van der Waals surface area (Å²) >= 11 is 6.13. The van der Waals surface area contributed by atoms with Crippen LogP contribution in [0.5, 0.6) is 0 Å². The second kappa shape index (κ2) is 11.7. The smallest absolute Gasteiger partial charge is 0.410 e. The van der Waals surface area contributed by atoms with Crippen LogP contribution in [0, 0.1) is 0 Å². The molecule has 3 N–H and O–H groups in total. The zero-order valence-corrected chi connectivity index (χ0v) is 24.1. The van der Waals surface area contributed by atoms with Crippen LogP contribution in [-0.4, -0.2) is 79.6 Å². The van der Waals surface area contributed by atoms with Gasteiger partial charge in [-0.25, -0.2) is 18.4 Å². The number of hydrogen-bond acceptors (Lipinski definition) is 7. The summed E-state index contributed by atoms with van der Waals surface area (Å²) in [6.45, 7) is 6.15. The van der Waals surface area contributed by atoms with Gasteiger partial charge in [0, 0.05) is 23.8 Å². The van der Waals surface area contributed by atoms with Gasteiger partial charge in [0.1, 0.15) is 11.7 Å². The topological polar surface area (TPSA) is 148 Å². The molecule has 11 nitrogen and oxygen atoms in total. The van der Waals surface area contributed by atoms with E-state index in [1.165, 1.54) is 29.2 Å². The zero-order chi connectivity index (χ0) is 29.2. The van der Waals surface area contributed by atoms with E-state index >= 15 is 0 Å². The van der Waals surface area contributed by atoms with E-state index in [1.807, 2.05) is 18.2 Å². The average molecular weight is 593 g/mol. The number of hydrogen-bond donors (Lipinski definition) is 2. The lowest BCUT2D eigenvalue weighted by molar-refractivity contribution is -0.168. The van der Waals surface area contributed by atoms with Crippen molar-refractivity contribution < 1.29 is 32.3 Å². The molecule has 40 heavy (non-hydrogen) atoms. The standard InChI is InChI=1S/C27H33ClN4O7S/c1-27(2,3)39-26(35)31-15-21-23(16-31)38-22(25(34)32(21)12-11-17-5-4-6-18(28)13-17)14-24(33)30-19-7-9-20(10-8-19)40(29,36)37/h4-10,13,21-23H,11-12,14-16H2,1-3H3,(H,30,33)(H2,29,36,37). The van der Waals surface area contributed by atoms with E-state index in [9.17, 15) is 22.8 Å². The molecule has 216 valence electrons. The molecular formula is C27H33ClN4O7S. The fourth-order valence-electron chi connectivity index (χ4n) is 4.74. The fraction of sp³-hybridized carbons (Fsp3) is 0.444. The minimum Gasteiger partial charge on any atom is -0.444 e. The van der Waals surface area contributed by atoms with Gasteiger partial charge in [0.05, 0.1) is 30.0 Å². The maximum atomic E-state index is 13.6. The Balaban J connectivity index is 1.48. The van der Waals surface area contributed by atoms with Gasteiger partial charge in [-0.1, -0.05) is 23.7 Å². The molecule has 2 saturated heterocycles. The average Bonchev–Trinajstić information content (AvgIpc) is 3.27. The highest BCUT2D eigenvalue weighted by molar-refractivity contribution is 7.89. The maximum Gasteiger partial charge on any atom is 0.410 e. The van der Waals surface area contributed by atoms with Crippen LogP contribution < -0.4 is 10.5 Å². The van der Waals surface area contributed by atoms with Crippen molar-refractivity contribution in [2.75, 3.05) is 25.0 Å². The summed E-state index contributed by atoms with van der Waals surface area (Å²) < 4.78 is 34.6. The van der Waals surface area contributed by atoms with Gasteiger partial charge in [-0.15, -0.1) is 0 Å². The number of anilines is 1. The molecular weight excluding hydrogens is 560 g/mol. The Bertz CT molecular complexity index is 1380. The molecule has 3 amide bonds. The van der Waals surface area contributed by atoms with E-state index in [1.54, 1.807) is 31.7 Å². The van der Waals surface area contributed by atoms with Crippen LogP contribution in [0.3, 0.4) is 0 Å². The number of likely N-dealkylation sites (tertiary alicyclic amines) is 1. The lowest BCUT2D eigenvalue weighted by Crippen LogP contribution is -2.59. The Kier molecular flexibility index (Phi) is 8.74. The summed E-state index contributed by atoms with van der Waals surface area (Å²) in [6, 6.07) is 12.3. The molecule has 3 atom stereocenters. The number of carbonyl (C=O) groups excluding carboxylic acids is 3. The van der Waals surface area contributed by atoms with Gasteiger partial charge < -0.3 is 24.6 Å². The van der Waals surface area contributed by atoms with Crippen LogP contribution >= 0.6 is 11.6 Å². The number of halogens is 1. The molecule has 0 radical (unpaired) electrons. The van der Waals surface area contributed by atoms with Crippen LogP contribution in [0.2, 0.25) is 5.02 Å². The van der Waals surface area contributed by atoms with Crippen molar-refractivity contribution in [2.24, 2.45) is 5.14 Å². The first-order valence-corrected chi connectivity index (χ1v) is 14.7. The normalized spacial score (nSPS) is 21.2. The third-order valence-corrected chi connectivity index (χ3v) is 7.72. The Morgan fingerprint density at radius 2 is 1.85 bits per heavy atom. The number of morpholine rings is 1. The summed E-state index contributed by atoms with van der Waals surface area (Å²) in [6.07, 6.45) is -1.81. The predicted octanol–water partition coefficient (Wildman–Crippen LogP) is 2.77. The molecule has 4 rings (SSSR count). The van der Waals surface area contributed by atoms with Crippen molar-refractivity contribution in [2.45, 2.75) is 62.4 Å². The third kappa shape index (κ3) is 7.51. The van der Waals surface area contributed by atoms with E-state index in [0.29, 0.717) is 23.7 Å². The molecule has 2 aliphatic rings. The number of sulfonamides is 1. The Hall–Kier alpha value is -3.19. The van der Waals surface area contributed by atoms with Crippen LogP contribution in [-0.2, 0) is 35.5 Å². The Labute approximate surface area is 238 Å². The monoisotopic (exact) mass is 592 g/mol. The molecule has 0 aromatic heterocycles. The highest BCUT2D eigenvalue weighted by atomic mass is 35.5. The van der Waals surface area contributed by atoms with E-state index < -0.39 is 45.9 Å². The van der Waals surface area contributed by atoms with E-state index in [2.05, 4.69) is 5.32 Å². The summed E-state index contributed by atoms with van der Waals surface area (Å²) in [5, 5.41) is 8.36. The van der Waals surface area contributed by atoms with Gasteiger partial charge in [-0.2, -0.15) is 0 Å². The molecule has 2 aliphatic heterocycles. The van der Waals surface area contributed by atoms with Crippen molar-refractivity contribution in [3.63, 3.8) is 0 Å². The predicted molar refractivity (Wildman–Crippen MR) is 148 cm³/mol. The van der Waals surface area contributed by atoms with Crippen molar-refractivity contribution in [1.29, 1.82) is 0 Å². The molecule has 0 bridgehead atoms. The number of ether oxygens (including phenoxy) is 2. The number of rotatable bonds is 7. The summed E-state index contributed by atoms with van der Waals surface area (Å²) in [4.78, 5) is 42.3. The number of nitrogens with zero attached hydrogens (tertiary/aromatic N) is 2. The number of nitrogens with two attached hydrogens (primary N) is 1. The lowest BCUT2D eigenvalue weighted by Gasteiger charge is -2.40. The van der Waals surface area contributed by atoms with Gasteiger partial charge in [0.15, 0.2) is 0 Å². The maximum absolute atomic E-state index is 13.6. The highest BCUT2D eigenvalue weighted by Crippen LogP contribution is 2.29. The first-order valence-electron chi connectivity index (χ1n) is 12.8. The highest BCUT2D eigenvalue weighted by Gasteiger charge is 2.49. The number of primary sulfonamides is 1. The SMILES string of the molecule is CC(C)(C)OC(=O)N1CC2OC(CC(=O)Nc3ccc(S(N)(=O)=O)cc3)C(=O)N(CCc3cccc(Cl)c3)C2C1. The molecule has 0 saturated carbocycles. The Morgan fingerprint density at radius 1 is 1.15 bits per heavy atom. The number of amides is 3. The molecule has 13 heteroatoms. The molecule has 2 aromatic rings. The number of carbonyl (C=O) groups is 3. The lowest BCUT2D eigenvalue weighted by atomic mass is 10.0. The fourth-order valence-corrected chi connectivity index (χ4v) is 5.47. The van der Waals surface area contributed by atoms with Crippen molar-refractivity contribution in [3.8, 4) is 0 Å². The van der Waals surface area contributed by atoms with Crippen LogP contribution in [0.15, 0.2) is 53.4 Å². The third-order valence-electron chi connectivity index (χ3n) is 6.55. The van der Waals surface area contributed by atoms with Crippen LogP contribution in [0.4, 0.5) is 10.5 Å². The minimum atomic E-state index is -3.87. The van der Waals surface area contributed by atoms with E-state index in [4.69, 9.17) is 26.2 Å². The molecule has 2 aromatic carbocycles. The zero-order valence-electron chi connectivity index (χ0n) is 22.5. The molecule has 2 heterocycles.